The van der Waals surface area contributed by atoms with Crippen LogP contribution < -0.4 is 0 Å². The van der Waals surface area contributed by atoms with Gasteiger partial charge in [0.2, 0.25) is 0 Å². The molecule has 0 atom stereocenters. The highest BCUT2D eigenvalue weighted by molar-refractivity contribution is 6.10. The van der Waals surface area contributed by atoms with Crippen LogP contribution in [0.25, 0.3) is 101 Å². The number of para-hydroxylation sites is 1. The van der Waals surface area contributed by atoms with E-state index in [1.54, 1.807) is 12.4 Å². The van der Waals surface area contributed by atoms with Gasteiger partial charge in [-0.1, -0.05) is 146 Å². The van der Waals surface area contributed by atoms with Crippen LogP contribution in [0.5, 0.6) is 0 Å². The first kappa shape index (κ1) is 32.9. The molecule has 0 aliphatic heterocycles. The molecule has 10 aromatic rings. The van der Waals surface area contributed by atoms with Crippen molar-refractivity contribution >= 4 is 21.7 Å². The molecule has 4 heterocycles. The summed E-state index contributed by atoms with van der Waals surface area (Å²) in [7, 11) is 0. The molecule has 262 valence electrons. The molecule has 10 rings (SSSR count). The van der Waals surface area contributed by atoms with E-state index in [9.17, 15) is 0 Å². The van der Waals surface area contributed by atoms with Gasteiger partial charge in [0, 0.05) is 51.6 Å². The fraction of sp³-hybridized carbons (Fsp3) is 0. The first-order valence-corrected chi connectivity index (χ1v) is 18.5. The molecule has 0 amide bonds. The number of fused-ring (bicyclic) bond motifs is 3. The molecular formula is C50H32N6. The van der Waals surface area contributed by atoms with E-state index in [0.717, 1.165) is 77.7 Å². The van der Waals surface area contributed by atoms with Gasteiger partial charge in [-0.3, -0.25) is 9.97 Å². The summed E-state index contributed by atoms with van der Waals surface area (Å²) < 4.78 is 0. The van der Waals surface area contributed by atoms with E-state index in [0.29, 0.717) is 17.5 Å². The molecule has 0 saturated carbocycles. The Morgan fingerprint density at radius 3 is 1.50 bits per heavy atom. The minimum atomic E-state index is 0.616. The second-order valence-corrected chi connectivity index (χ2v) is 13.6. The highest BCUT2D eigenvalue weighted by atomic mass is 15.0. The molecule has 0 bridgehead atoms. The molecule has 0 radical (unpaired) electrons. The normalized spacial score (nSPS) is 11.2. The molecule has 0 saturated heterocycles. The average molecular weight is 717 g/mol. The Kier molecular flexibility index (Phi) is 8.39. The molecular weight excluding hydrogens is 685 g/mol. The topological polar surface area (TPSA) is 77.3 Å². The summed E-state index contributed by atoms with van der Waals surface area (Å²) in [5.41, 5.74) is 12.0. The number of pyridine rings is 3. The third-order valence-electron chi connectivity index (χ3n) is 10.1. The van der Waals surface area contributed by atoms with Gasteiger partial charge in [0.25, 0.3) is 0 Å². The van der Waals surface area contributed by atoms with Crippen molar-refractivity contribution in [2.45, 2.75) is 0 Å². The maximum Gasteiger partial charge on any atom is 0.164 e. The lowest BCUT2D eigenvalue weighted by Gasteiger charge is -2.11. The van der Waals surface area contributed by atoms with E-state index in [1.807, 2.05) is 54.7 Å². The predicted octanol–water partition coefficient (Wildman–Crippen LogP) is 12.0. The minimum Gasteiger partial charge on any atom is -0.265 e. The third-order valence-corrected chi connectivity index (χ3v) is 10.1. The van der Waals surface area contributed by atoms with Gasteiger partial charge >= 0.3 is 0 Å². The lowest BCUT2D eigenvalue weighted by molar-refractivity contribution is 1.07. The van der Waals surface area contributed by atoms with Gasteiger partial charge in [0.1, 0.15) is 0 Å². The van der Waals surface area contributed by atoms with Gasteiger partial charge < -0.3 is 0 Å². The van der Waals surface area contributed by atoms with Crippen LogP contribution in [0.3, 0.4) is 0 Å². The maximum absolute atomic E-state index is 5.03. The second kappa shape index (κ2) is 14.3. The lowest BCUT2D eigenvalue weighted by Crippen LogP contribution is -2.00. The number of hydrogen-bond acceptors (Lipinski definition) is 6. The largest absolute Gasteiger partial charge is 0.265 e. The Labute approximate surface area is 324 Å². The third kappa shape index (κ3) is 6.35. The fourth-order valence-corrected chi connectivity index (χ4v) is 7.20. The molecule has 0 N–H and O–H groups in total. The monoisotopic (exact) mass is 716 g/mol. The van der Waals surface area contributed by atoms with Crippen molar-refractivity contribution in [2.75, 3.05) is 0 Å². The zero-order chi connectivity index (χ0) is 37.3. The molecule has 4 aromatic heterocycles. The highest BCUT2D eigenvalue weighted by Gasteiger charge is 2.15. The molecule has 0 aliphatic rings. The summed E-state index contributed by atoms with van der Waals surface area (Å²) in [5.74, 6) is 1.86. The number of rotatable bonds is 7. The van der Waals surface area contributed by atoms with Gasteiger partial charge in [-0.25, -0.2) is 19.9 Å². The second-order valence-electron chi connectivity index (χ2n) is 13.6. The first-order chi connectivity index (χ1) is 27.7. The van der Waals surface area contributed by atoms with Crippen molar-refractivity contribution in [3.63, 3.8) is 0 Å². The number of nitrogens with zero attached hydrogens (tertiary/aromatic N) is 6. The molecule has 0 spiro atoms. The standard InChI is InChI=1S/C50H32N6/c1-2-9-37(10-3-1)48-54-49(38-23-21-33(22-24-38)36-27-29-51-30-28-36)56-50(55-48)40-12-8-11-39(31-40)34-17-19-35(20-18-34)41-25-26-46(52-32-41)47-44-15-5-4-13-42(44)43-14-6-7-16-45(43)53-47/h1-32H. The van der Waals surface area contributed by atoms with Crippen LogP contribution >= 0.6 is 0 Å². The Morgan fingerprint density at radius 2 is 0.804 bits per heavy atom. The molecule has 0 unspecified atom stereocenters. The van der Waals surface area contributed by atoms with Crippen LogP contribution in [0, 0.1) is 0 Å². The molecule has 0 fully saturated rings. The molecule has 0 aliphatic carbocycles. The van der Waals surface area contributed by atoms with E-state index in [4.69, 9.17) is 24.9 Å². The van der Waals surface area contributed by atoms with Gasteiger partial charge in [0.05, 0.1) is 16.9 Å². The van der Waals surface area contributed by atoms with Crippen molar-refractivity contribution in [3.05, 3.63) is 195 Å². The van der Waals surface area contributed by atoms with Crippen molar-refractivity contribution in [2.24, 2.45) is 0 Å². The van der Waals surface area contributed by atoms with Crippen LogP contribution in [0.2, 0.25) is 0 Å². The summed E-state index contributed by atoms with van der Waals surface area (Å²) in [4.78, 5) is 29.0. The van der Waals surface area contributed by atoms with Gasteiger partial charge in [-0.05, 0) is 63.5 Å². The average Bonchev–Trinajstić information content (AvgIpc) is 3.29. The lowest BCUT2D eigenvalue weighted by atomic mass is 9.99. The van der Waals surface area contributed by atoms with E-state index >= 15 is 0 Å². The Balaban J connectivity index is 0.949. The number of hydrogen-bond donors (Lipinski definition) is 0. The first-order valence-electron chi connectivity index (χ1n) is 18.5. The number of benzene rings is 6. The van der Waals surface area contributed by atoms with E-state index in [2.05, 4.69) is 132 Å². The van der Waals surface area contributed by atoms with Crippen LogP contribution in [0.4, 0.5) is 0 Å². The SMILES string of the molecule is c1ccc(-c2nc(-c3ccc(-c4ccncc4)cc3)nc(-c3cccc(-c4ccc(-c5ccc(-c6nc7ccccc7c7ccccc67)nc5)cc4)c3)n2)cc1. The minimum absolute atomic E-state index is 0.616. The maximum atomic E-state index is 5.03. The van der Waals surface area contributed by atoms with Gasteiger partial charge in [-0.2, -0.15) is 0 Å². The summed E-state index contributed by atoms with van der Waals surface area (Å²) in [6.45, 7) is 0. The summed E-state index contributed by atoms with van der Waals surface area (Å²) in [6, 6.07) is 60.2. The predicted molar refractivity (Wildman–Crippen MR) is 226 cm³/mol. The van der Waals surface area contributed by atoms with Crippen LogP contribution in [0.15, 0.2) is 195 Å². The smallest absolute Gasteiger partial charge is 0.164 e. The van der Waals surface area contributed by atoms with Gasteiger partial charge in [-0.15, -0.1) is 0 Å². The van der Waals surface area contributed by atoms with E-state index < -0.39 is 0 Å². The van der Waals surface area contributed by atoms with E-state index in [1.165, 1.54) is 5.39 Å². The zero-order valence-electron chi connectivity index (χ0n) is 30.2. The summed E-state index contributed by atoms with van der Waals surface area (Å²) in [6.07, 6.45) is 5.55. The van der Waals surface area contributed by atoms with Crippen molar-refractivity contribution in [1.82, 2.24) is 29.9 Å². The molecule has 6 nitrogen and oxygen atoms in total. The van der Waals surface area contributed by atoms with Crippen LogP contribution in [0.1, 0.15) is 0 Å². The zero-order valence-corrected chi connectivity index (χ0v) is 30.2. The quantitative estimate of drug-likeness (QED) is 0.153. The summed E-state index contributed by atoms with van der Waals surface area (Å²) in [5, 5.41) is 3.42. The fourth-order valence-electron chi connectivity index (χ4n) is 7.20. The Hall–Kier alpha value is -7.70. The Bertz CT molecular complexity index is 2980. The van der Waals surface area contributed by atoms with E-state index in [-0.39, 0.29) is 0 Å². The molecule has 6 aromatic carbocycles. The highest BCUT2D eigenvalue weighted by Crippen LogP contribution is 2.34. The van der Waals surface area contributed by atoms with Crippen LogP contribution in [-0.2, 0) is 0 Å². The number of aromatic nitrogens is 6. The molecule has 56 heavy (non-hydrogen) atoms. The summed E-state index contributed by atoms with van der Waals surface area (Å²) >= 11 is 0. The van der Waals surface area contributed by atoms with Crippen LogP contribution in [-0.4, -0.2) is 29.9 Å². The van der Waals surface area contributed by atoms with Crippen molar-refractivity contribution in [1.29, 1.82) is 0 Å². The van der Waals surface area contributed by atoms with Crippen molar-refractivity contribution in [3.8, 4) is 78.9 Å². The van der Waals surface area contributed by atoms with Gasteiger partial charge in [0.15, 0.2) is 17.5 Å². The Morgan fingerprint density at radius 1 is 0.304 bits per heavy atom. The molecule has 6 heteroatoms. The van der Waals surface area contributed by atoms with Crippen molar-refractivity contribution < 1.29 is 0 Å².